The first kappa shape index (κ1) is 13.1. The summed E-state index contributed by atoms with van der Waals surface area (Å²) in [5.74, 6) is 0.822. The lowest BCUT2D eigenvalue weighted by Crippen LogP contribution is -2.36. The molecule has 1 unspecified atom stereocenters. The Morgan fingerprint density at radius 1 is 1.35 bits per heavy atom. The molecule has 1 aliphatic rings. The van der Waals surface area contributed by atoms with E-state index in [-0.39, 0.29) is 0 Å². The van der Waals surface area contributed by atoms with Gasteiger partial charge in [0.1, 0.15) is 0 Å². The molecule has 0 radical (unpaired) electrons. The average molecular weight is 297 g/mol. The van der Waals surface area contributed by atoms with Crippen molar-refractivity contribution >= 4 is 15.9 Å². The molecule has 0 aliphatic carbocycles. The van der Waals surface area contributed by atoms with E-state index in [1.807, 2.05) is 0 Å². The maximum absolute atomic E-state index is 3.59. The lowest BCUT2D eigenvalue weighted by atomic mass is 10.00. The molecule has 2 rings (SSSR count). The predicted molar refractivity (Wildman–Crippen MR) is 76.3 cm³/mol. The summed E-state index contributed by atoms with van der Waals surface area (Å²) in [4.78, 5) is 0. The minimum atomic E-state index is 0.822. The maximum atomic E-state index is 3.59. The molecule has 0 saturated carbocycles. The topological polar surface area (TPSA) is 24.1 Å². The zero-order valence-electron chi connectivity index (χ0n) is 10.2. The highest BCUT2D eigenvalue weighted by Crippen LogP contribution is 2.15. The molecular weight excluding hydrogens is 276 g/mol. The van der Waals surface area contributed by atoms with E-state index in [2.05, 4.69) is 50.8 Å². The first-order valence-corrected chi connectivity index (χ1v) is 7.30. The van der Waals surface area contributed by atoms with E-state index in [4.69, 9.17) is 0 Å². The molecule has 17 heavy (non-hydrogen) atoms. The SMILES string of the molecule is Brc1ccccc1CCNCC1CCCNC1. The van der Waals surface area contributed by atoms with Gasteiger partial charge in [0.25, 0.3) is 0 Å². The van der Waals surface area contributed by atoms with Crippen molar-refractivity contribution in [2.75, 3.05) is 26.2 Å². The Hall–Kier alpha value is -0.380. The Bertz CT molecular complexity index is 335. The molecule has 94 valence electrons. The Morgan fingerprint density at radius 3 is 3.00 bits per heavy atom. The van der Waals surface area contributed by atoms with E-state index in [0.717, 1.165) is 25.4 Å². The highest BCUT2D eigenvalue weighted by Gasteiger charge is 2.11. The van der Waals surface area contributed by atoms with Crippen LogP contribution in [0.2, 0.25) is 0 Å². The summed E-state index contributed by atoms with van der Waals surface area (Å²) in [6, 6.07) is 8.47. The molecule has 2 nitrogen and oxygen atoms in total. The van der Waals surface area contributed by atoms with E-state index >= 15 is 0 Å². The average Bonchev–Trinajstić information content (AvgIpc) is 2.38. The Labute approximate surface area is 112 Å². The van der Waals surface area contributed by atoms with Crippen molar-refractivity contribution in [3.8, 4) is 0 Å². The number of piperidine rings is 1. The molecule has 0 spiro atoms. The van der Waals surface area contributed by atoms with Gasteiger partial charge in [-0.05, 0) is 63.0 Å². The van der Waals surface area contributed by atoms with Crippen molar-refractivity contribution in [1.82, 2.24) is 10.6 Å². The van der Waals surface area contributed by atoms with Gasteiger partial charge < -0.3 is 10.6 Å². The van der Waals surface area contributed by atoms with E-state index < -0.39 is 0 Å². The number of hydrogen-bond acceptors (Lipinski definition) is 2. The van der Waals surface area contributed by atoms with E-state index in [0.29, 0.717) is 0 Å². The van der Waals surface area contributed by atoms with Crippen LogP contribution >= 0.6 is 15.9 Å². The summed E-state index contributed by atoms with van der Waals surface area (Å²) < 4.78 is 1.22. The highest BCUT2D eigenvalue weighted by atomic mass is 79.9. The Kier molecular flexibility index (Phi) is 5.49. The van der Waals surface area contributed by atoms with Crippen molar-refractivity contribution < 1.29 is 0 Å². The molecule has 1 aliphatic heterocycles. The van der Waals surface area contributed by atoms with E-state index in [1.165, 1.54) is 36.0 Å². The van der Waals surface area contributed by atoms with E-state index in [9.17, 15) is 0 Å². The molecule has 3 heteroatoms. The standard InChI is InChI=1S/C14H21BrN2/c15-14-6-2-1-5-13(14)7-9-17-11-12-4-3-8-16-10-12/h1-2,5-6,12,16-17H,3-4,7-11H2. The second-order valence-electron chi connectivity index (χ2n) is 4.76. The molecule has 1 heterocycles. The molecule has 1 aromatic rings. The fraction of sp³-hybridized carbons (Fsp3) is 0.571. The van der Waals surface area contributed by atoms with Gasteiger partial charge in [0.2, 0.25) is 0 Å². The lowest BCUT2D eigenvalue weighted by molar-refractivity contribution is 0.361. The van der Waals surface area contributed by atoms with Gasteiger partial charge in [0, 0.05) is 4.47 Å². The molecule has 1 saturated heterocycles. The van der Waals surface area contributed by atoms with Crippen LogP contribution in [0, 0.1) is 5.92 Å². The summed E-state index contributed by atoms with van der Waals surface area (Å²) in [5.41, 5.74) is 1.39. The summed E-state index contributed by atoms with van der Waals surface area (Å²) in [6.07, 6.45) is 3.80. The molecule has 0 aromatic heterocycles. The van der Waals surface area contributed by atoms with Crippen LogP contribution in [0.5, 0.6) is 0 Å². The third-order valence-electron chi connectivity index (χ3n) is 3.36. The largest absolute Gasteiger partial charge is 0.316 e. The zero-order valence-corrected chi connectivity index (χ0v) is 11.8. The third kappa shape index (κ3) is 4.41. The van der Waals surface area contributed by atoms with Crippen molar-refractivity contribution in [3.63, 3.8) is 0 Å². The zero-order chi connectivity index (χ0) is 11.9. The van der Waals surface area contributed by atoms with Crippen LogP contribution in [0.15, 0.2) is 28.7 Å². The van der Waals surface area contributed by atoms with Crippen molar-refractivity contribution in [2.24, 2.45) is 5.92 Å². The van der Waals surface area contributed by atoms with Gasteiger partial charge in [0.15, 0.2) is 0 Å². The molecule has 1 fully saturated rings. The number of hydrogen-bond donors (Lipinski definition) is 2. The monoisotopic (exact) mass is 296 g/mol. The summed E-state index contributed by atoms with van der Waals surface area (Å²) >= 11 is 3.59. The van der Waals surface area contributed by atoms with Crippen LogP contribution in [0.3, 0.4) is 0 Å². The quantitative estimate of drug-likeness (QED) is 0.816. The fourth-order valence-corrected chi connectivity index (χ4v) is 2.81. The number of rotatable bonds is 5. The molecule has 0 bridgehead atoms. The molecule has 2 N–H and O–H groups in total. The minimum Gasteiger partial charge on any atom is -0.316 e. The van der Waals surface area contributed by atoms with Crippen LogP contribution in [-0.2, 0) is 6.42 Å². The lowest BCUT2D eigenvalue weighted by Gasteiger charge is -2.23. The van der Waals surface area contributed by atoms with Crippen molar-refractivity contribution in [2.45, 2.75) is 19.3 Å². The van der Waals surface area contributed by atoms with Crippen molar-refractivity contribution in [3.05, 3.63) is 34.3 Å². The first-order chi connectivity index (χ1) is 8.36. The second kappa shape index (κ2) is 7.14. The van der Waals surface area contributed by atoms with Gasteiger partial charge in [-0.2, -0.15) is 0 Å². The summed E-state index contributed by atoms with van der Waals surface area (Å²) in [5, 5.41) is 7.03. The number of halogens is 1. The van der Waals surface area contributed by atoms with Crippen LogP contribution in [0.25, 0.3) is 0 Å². The van der Waals surface area contributed by atoms with Gasteiger partial charge in [-0.15, -0.1) is 0 Å². The summed E-state index contributed by atoms with van der Waals surface area (Å²) in [6.45, 7) is 4.60. The van der Waals surface area contributed by atoms with Gasteiger partial charge in [-0.1, -0.05) is 34.1 Å². The highest BCUT2D eigenvalue weighted by molar-refractivity contribution is 9.10. The predicted octanol–water partition coefficient (Wildman–Crippen LogP) is 2.58. The second-order valence-corrected chi connectivity index (χ2v) is 5.61. The minimum absolute atomic E-state index is 0.822. The van der Waals surface area contributed by atoms with Gasteiger partial charge in [0.05, 0.1) is 0 Å². The maximum Gasteiger partial charge on any atom is 0.0207 e. The van der Waals surface area contributed by atoms with Gasteiger partial charge >= 0.3 is 0 Å². The molecular formula is C14H21BrN2. The van der Waals surface area contributed by atoms with Crippen LogP contribution in [0.4, 0.5) is 0 Å². The third-order valence-corrected chi connectivity index (χ3v) is 4.13. The first-order valence-electron chi connectivity index (χ1n) is 6.51. The van der Waals surface area contributed by atoms with Gasteiger partial charge in [-0.3, -0.25) is 0 Å². The number of benzene rings is 1. The number of nitrogens with one attached hydrogen (secondary N) is 2. The molecule has 1 atom stereocenters. The van der Waals surface area contributed by atoms with Gasteiger partial charge in [-0.25, -0.2) is 0 Å². The normalized spacial score (nSPS) is 20.4. The summed E-state index contributed by atoms with van der Waals surface area (Å²) in [7, 11) is 0. The van der Waals surface area contributed by atoms with Crippen LogP contribution < -0.4 is 10.6 Å². The van der Waals surface area contributed by atoms with Crippen molar-refractivity contribution in [1.29, 1.82) is 0 Å². The van der Waals surface area contributed by atoms with Crippen LogP contribution in [0.1, 0.15) is 18.4 Å². The fourth-order valence-electron chi connectivity index (χ4n) is 2.33. The van der Waals surface area contributed by atoms with Crippen LogP contribution in [-0.4, -0.2) is 26.2 Å². The Balaban J connectivity index is 1.64. The molecule has 0 amide bonds. The smallest absolute Gasteiger partial charge is 0.0207 e. The Morgan fingerprint density at radius 2 is 2.24 bits per heavy atom. The van der Waals surface area contributed by atoms with E-state index in [1.54, 1.807) is 0 Å². The molecule has 1 aromatic carbocycles.